The van der Waals surface area contributed by atoms with Crippen molar-refractivity contribution in [3.8, 4) is 5.75 Å². The van der Waals surface area contributed by atoms with Crippen LogP contribution in [-0.4, -0.2) is 19.2 Å². The van der Waals surface area contributed by atoms with Gasteiger partial charge >= 0.3 is 29.6 Å². The van der Waals surface area contributed by atoms with Crippen LogP contribution in [-0.2, 0) is 4.74 Å². The number of carbonyl (C=O) groups is 1. The van der Waals surface area contributed by atoms with Crippen molar-refractivity contribution in [3.63, 3.8) is 0 Å². The second-order valence-electron chi connectivity index (χ2n) is 2.70. The van der Waals surface area contributed by atoms with Crippen molar-refractivity contribution in [3.05, 3.63) is 42.7 Å². The van der Waals surface area contributed by atoms with E-state index in [1.807, 2.05) is 0 Å². The third-order valence-electron chi connectivity index (χ3n) is 1.68. The van der Waals surface area contributed by atoms with Gasteiger partial charge in [-0.25, -0.2) is 0 Å². The molecule has 0 aliphatic carbocycles. The minimum atomic E-state index is -1.20. The van der Waals surface area contributed by atoms with E-state index < -0.39 is 5.97 Å². The molecule has 0 aromatic heterocycles. The largest absolute Gasteiger partial charge is 1.00 e. The Hall–Kier alpha value is -0.970. The molecule has 80 valence electrons. The maximum atomic E-state index is 10.4. The molecule has 0 fully saturated rings. The van der Waals surface area contributed by atoms with Gasteiger partial charge in [0.25, 0.3) is 0 Å². The van der Waals surface area contributed by atoms with Crippen molar-refractivity contribution in [1.82, 2.24) is 0 Å². The fourth-order valence-corrected chi connectivity index (χ4v) is 0.978. The summed E-state index contributed by atoms with van der Waals surface area (Å²) < 4.78 is 10.1. The Kier molecular flexibility index (Phi) is 7.72. The second-order valence-corrected chi connectivity index (χ2v) is 2.70. The van der Waals surface area contributed by atoms with Gasteiger partial charge in [-0.3, -0.25) is 0 Å². The van der Waals surface area contributed by atoms with Crippen molar-refractivity contribution in [2.45, 2.75) is 0 Å². The Morgan fingerprint density at radius 2 is 1.94 bits per heavy atom. The van der Waals surface area contributed by atoms with Crippen molar-refractivity contribution in [2.24, 2.45) is 0 Å². The summed E-state index contributed by atoms with van der Waals surface area (Å²) in [5, 5.41) is 10.4. The monoisotopic (exact) mass is 230 g/mol. The van der Waals surface area contributed by atoms with Gasteiger partial charge in [0.15, 0.2) is 0 Å². The van der Waals surface area contributed by atoms with E-state index in [9.17, 15) is 9.90 Å². The Bertz CT molecular complexity index is 334. The number of ether oxygens (including phenoxy) is 2. The minimum absolute atomic E-state index is 0. The van der Waals surface area contributed by atoms with Crippen LogP contribution in [0.4, 0.5) is 0 Å². The van der Waals surface area contributed by atoms with Crippen LogP contribution in [0.2, 0.25) is 0 Å². The molecule has 0 atom stereocenters. The van der Waals surface area contributed by atoms with Gasteiger partial charge in [0.1, 0.15) is 19.0 Å². The fraction of sp³-hybridized carbons (Fsp3) is 0.182. The maximum absolute atomic E-state index is 10.4. The van der Waals surface area contributed by atoms with Gasteiger partial charge in [-0.05, 0) is 29.8 Å². The Morgan fingerprint density at radius 3 is 2.44 bits per heavy atom. The predicted octanol–water partition coefficient (Wildman–Crippen LogP) is -2.41. The van der Waals surface area contributed by atoms with Gasteiger partial charge in [-0.1, -0.05) is 6.58 Å². The van der Waals surface area contributed by atoms with Gasteiger partial charge in [0.2, 0.25) is 0 Å². The Morgan fingerprint density at radius 1 is 1.31 bits per heavy atom. The normalized spacial score (nSPS) is 8.75. The zero-order chi connectivity index (χ0) is 11.1. The molecule has 1 aromatic rings. The molecule has 4 nitrogen and oxygen atoms in total. The van der Waals surface area contributed by atoms with E-state index in [0.29, 0.717) is 19.0 Å². The topological polar surface area (TPSA) is 58.6 Å². The molecule has 5 heteroatoms. The van der Waals surface area contributed by atoms with Gasteiger partial charge in [0.05, 0.1) is 12.2 Å². The molecular formula is C11H11NaO4. The molecule has 16 heavy (non-hydrogen) atoms. The number of hydrogen-bond donors (Lipinski definition) is 0. The first kappa shape index (κ1) is 15.0. The molecule has 0 aliphatic rings. The van der Waals surface area contributed by atoms with E-state index in [2.05, 4.69) is 6.58 Å². The summed E-state index contributed by atoms with van der Waals surface area (Å²) in [6, 6.07) is 6.00. The van der Waals surface area contributed by atoms with Crippen LogP contribution in [0.1, 0.15) is 10.4 Å². The summed E-state index contributed by atoms with van der Waals surface area (Å²) in [5.74, 6) is -0.607. The summed E-state index contributed by atoms with van der Waals surface area (Å²) in [6.45, 7) is 4.18. The fourth-order valence-electron chi connectivity index (χ4n) is 0.978. The first-order chi connectivity index (χ1) is 7.24. The number of carbonyl (C=O) groups excluding carboxylic acids is 1. The zero-order valence-electron chi connectivity index (χ0n) is 9.14. The summed E-state index contributed by atoms with van der Waals surface area (Å²) in [7, 11) is 0. The molecule has 0 saturated carbocycles. The smallest absolute Gasteiger partial charge is 0.545 e. The van der Waals surface area contributed by atoms with E-state index in [1.54, 1.807) is 12.1 Å². The number of aromatic carboxylic acids is 1. The molecule has 0 aliphatic heterocycles. The van der Waals surface area contributed by atoms with Crippen molar-refractivity contribution >= 4 is 5.97 Å². The van der Waals surface area contributed by atoms with E-state index in [4.69, 9.17) is 9.47 Å². The van der Waals surface area contributed by atoms with Crippen molar-refractivity contribution < 1.29 is 48.9 Å². The summed E-state index contributed by atoms with van der Waals surface area (Å²) in [4.78, 5) is 10.4. The van der Waals surface area contributed by atoms with E-state index >= 15 is 0 Å². The number of carboxylic acid groups (broad SMARTS) is 1. The Balaban J connectivity index is 0.00000225. The minimum Gasteiger partial charge on any atom is -0.545 e. The molecular weight excluding hydrogens is 219 g/mol. The summed E-state index contributed by atoms with van der Waals surface area (Å²) in [6.07, 6.45) is 1.34. The standard InChI is InChI=1S/C11H12O4.Na/c1-2-14-7-8-15-10-5-3-9(4-6-10)11(12)13;/h2-6H,1,7-8H2,(H,12,13);/q;+1/p-1. The van der Waals surface area contributed by atoms with Crippen LogP contribution in [0, 0.1) is 0 Å². The molecule has 0 amide bonds. The third-order valence-corrected chi connectivity index (χ3v) is 1.68. The van der Waals surface area contributed by atoms with Crippen molar-refractivity contribution in [2.75, 3.05) is 13.2 Å². The van der Waals surface area contributed by atoms with Crippen LogP contribution >= 0.6 is 0 Å². The second kappa shape index (κ2) is 8.21. The van der Waals surface area contributed by atoms with Crippen LogP contribution in [0.15, 0.2) is 37.1 Å². The average Bonchev–Trinajstić information content (AvgIpc) is 2.25. The molecule has 1 aromatic carbocycles. The average molecular weight is 230 g/mol. The van der Waals surface area contributed by atoms with Gasteiger partial charge < -0.3 is 19.4 Å². The molecule has 0 heterocycles. The third kappa shape index (κ3) is 5.21. The van der Waals surface area contributed by atoms with E-state index in [0.717, 1.165) is 0 Å². The first-order valence-electron chi connectivity index (χ1n) is 4.41. The van der Waals surface area contributed by atoms with Gasteiger partial charge in [-0.15, -0.1) is 0 Å². The number of carboxylic acids is 1. The zero-order valence-corrected chi connectivity index (χ0v) is 11.1. The SMILES string of the molecule is C=COCCOc1ccc(C(=O)[O-])cc1.[Na+]. The number of hydrogen-bond acceptors (Lipinski definition) is 4. The van der Waals surface area contributed by atoms with Crippen LogP contribution in [0.3, 0.4) is 0 Å². The molecule has 1 rings (SSSR count). The Labute approximate surface area is 116 Å². The quantitative estimate of drug-likeness (QED) is 0.310. The van der Waals surface area contributed by atoms with Gasteiger partial charge in [0, 0.05) is 0 Å². The summed E-state index contributed by atoms with van der Waals surface area (Å²) >= 11 is 0. The van der Waals surface area contributed by atoms with Crippen LogP contribution in [0.5, 0.6) is 5.75 Å². The predicted molar refractivity (Wildman–Crippen MR) is 52.4 cm³/mol. The van der Waals surface area contributed by atoms with Gasteiger partial charge in [-0.2, -0.15) is 0 Å². The van der Waals surface area contributed by atoms with Crippen LogP contribution in [0.25, 0.3) is 0 Å². The van der Waals surface area contributed by atoms with E-state index in [1.165, 1.54) is 18.4 Å². The first-order valence-corrected chi connectivity index (χ1v) is 4.41. The molecule has 0 N–H and O–H groups in total. The summed E-state index contributed by atoms with van der Waals surface area (Å²) in [5.41, 5.74) is 0.129. The maximum Gasteiger partial charge on any atom is 1.00 e. The number of benzene rings is 1. The van der Waals surface area contributed by atoms with E-state index in [-0.39, 0.29) is 35.1 Å². The molecule has 0 saturated heterocycles. The molecule has 0 bridgehead atoms. The molecule has 0 spiro atoms. The number of rotatable bonds is 6. The van der Waals surface area contributed by atoms with Crippen molar-refractivity contribution in [1.29, 1.82) is 0 Å². The molecule has 0 radical (unpaired) electrons. The van der Waals surface area contributed by atoms with Crippen LogP contribution < -0.4 is 39.4 Å². The molecule has 0 unspecified atom stereocenters.